The van der Waals surface area contributed by atoms with Gasteiger partial charge in [0.15, 0.2) is 0 Å². The Labute approximate surface area is 109 Å². The minimum atomic E-state index is -0.402. The van der Waals surface area contributed by atoms with Crippen LogP contribution in [0.5, 0.6) is 0 Å². The number of benzene rings is 1. The van der Waals surface area contributed by atoms with Crippen molar-refractivity contribution < 1.29 is 9.18 Å². The summed E-state index contributed by atoms with van der Waals surface area (Å²) in [5.41, 5.74) is 0.636. The summed E-state index contributed by atoms with van der Waals surface area (Å²) in [5, 5.41) is 0.281. The van der Waals surface area contributed by atoms with Gasteiger partial charge in [0.05, 0.1) is 6.42 Å². The zero-order valence-electron chi connectivity index (χ0n) is 9.86. The first kappa shape index (κ1) is 12.8. The first-order valence-corrected chi connectivity index (χ1v) is 5.86. The molecule has 2 aromatic rings. The second-order valence-electron chi connectivity index (χ2n) is 4.08. The zero-order valence-corrected chi connectivity index (χ0v) is 10.6. The molecule has 0 N–H and O–H groups in total. The molecule has 5 heteroatoms. The van der Waals surface area contributed by atoms with E-state index >= 15 is 0 Å². The fraction of sp³-hybridized carbons (Fsp3) is 0.231. The average molecular weight is 267 g/mol. The number of aryl methyl sites for hydroxylation is 1. The molecule has 0 saturated heterocycles. The molecule has 0 amide bonds. The van der Waals surface area contributed by atoms with E-state index in [0.29, 0.717) is 11.4 Å². The van der Waals surface area contributed by atoms with Crippen LogP contribution in [0.25, 0.3) is 0 Å². The number of carbonyl (C=O) groups is 1. The fourth-order valence-electron chi connectivity index (χ4n) is 1.68. The van der Waals surface area contributed by atoms with Gasteiger partial charge in [-0.3, -0.25) is 4.79 Å². The Morgan fingerprint density at radius 2 is 2.22 bits per heavy atom. The topological polar surface area (TPSA) is 34.9 Å². The van der Waals surface area contributed by atoms with Crippen LogP contribution in [0.3, 0.4) is 0 Å². The number of carbonyl (C=O) groups excluding carboxylic acids is 1. The van der Waals surface area contributed by atoms with E-state index in [0.717, 1.165) is 0 Å². The fourth-order valence-corrected chi connectivity index (χ4v) is 1.92. The van der Waals surface area contributed by atoms with Gasteiger partial charge < -0.3 is 4.57 Å². The number of nitrogens with zero attached hydrogens (tertiary/aromatic N) is 2. The lowest BCUT2D eigenvalue weighted by Crippen LogP contribution is -2.10. The Balaban J connectivity index is 2.05. The SMILES string of the molecule is Cn1ccnc1CC(=O)Cc1ccc(F)cc1Cl. The van der Waals surface area contributed by atoms with E-state index in [1.165, 1.54) is 18.2 Å². The molecule has 0 unspecified atom stereocenters. The average Bonchev–Trinajstić information content (AvgIpc) is 2.69. The number of hydrogen-bond donors (Lipinski definition) is 0. The summed E-state index contributed by atoms with van der Waals surface area (Å²) in [6.07, 6.45) is 3.87. The molecule has 1 heterocycles. The zero-order chi connectivity index (χ0) is 13.1. The second-order valence-corrected chi connectivity index (χ2v) is 4.49. The van der Waals surface area contributed by atoms with Gasteiger partial charge in [-0.15, -0.1) is 0 Å². The van der Waals surface area contributed by atoms with Gasteiger partial charge in [0.1, 0.15) is 17.4 Å². The number of halogens is 2. The molecule has 0 saturated carbocycles. The van der Waals surface area contributed by atoms with E-state index < -0.39 is 5.82 Å². The maximum Gasteiger partial charge on any atom is 0.144 e. The largest absolute Gasteiger partial charge is 0.338 e. The molecule has 0 spiro atoms. The van der Waals surface area contributed by atoms with E-state index in [1.54, 1.807) is 17.0 Å². The third kappa shape index (κ3) is 2.96. The predicted molar refractivity (Wildman–Crippen MR) is 67.0 cm³/mol. The second kappa shape index (κ2) is 5.31. The highest BCUT2D eigenvalue weighted by molar-refractivity contribution is 6.31. The van der Waals surface area contributed by atoms with Crippen LogP contribution in [0.4, 0.5) is 4.39 Å². The molecule has 18 heavy (non-hydrogen) atoms. The molecule has 0 aliphatic carbocycles. The maximum absolute atomic E-state index is 12.9. The highest BCUT2D eigenvalue weighted by Crippen LogP contribution is 2.18. The Morgan fingerprint density at radius 3 is 2.83 bits per heavy atom. The summed E-state index contributed by atoms with van der Waals surface area (Å²) in [5.74, 6) is 0.302. The molecular weight excluding hydrogens is 255 g/mol. The minimum absolute atomic E-state index is 0.00203. The van der Waals surface area contributed by atoms with Crippen molar-refractivity contribution in [2.75, 3.05) is 0 Å². The molecular formula is C13H12ClFN2O. The van der Waals surface area contributed by atoms with E-state index in [4.69, 9.17) is 11.6 Å². The monoisotopic (exact) mass is 266 g/mol. The molecule has 0 radical (unpaired) electrons. The van der Waals surface area contributed by atoms with Gasteiger partial charge >= 0.3 is 0 Å². The van der Waals surface area contributed by atoms with Crippen molar-refractivity contribution in [2.45, 2.75) is 12.8 Å². The summed E-state index contributed by atoms with van der Waals surface area (Å²) in [6, 6.07) is 4.05. The maximum atomic E-state index is 12.9. The Hall–Kier alpha value is -1.68. The molecule has 1 aromatic carbocycles. The van der Waals surface area contributed by atoms with Crippen molar-refractivity contribution in [2.24, 2.45) is 7.05 Å². The number of ketones is 1. The van der Waals surface area contributed by atoms with Gasteiger partial charge in [0.25, 0.3) is 0 Å². The highest BCUT2D eigenvalue weighted by atomic mass is 35.5. The van der Waals surface area contributed by atoms with Gasteiger partial charge in [-0.25, -0.2) is 9.37 Å². The van der Waals surface area contributed by atoms with E-state index in [-0.39, 0.29) is 23.6 Å². The Morgan fingerprint density at radius 1 is 1.44 bits per heavy atom. The molecule has 3 nitrogen and oxygen atoms in total. The van der Waals surface area contributed by atoms with Gasteiger partial charge in [-0.1, -0.05) is 17.7 Å². The standard InChI is InChI=1S/C13H12ClFN2O/c1-17-5-4-16-13(17)8-11(18)6-9-2-3-10(15)7-12(9)14/h2-5,7H,6,8H2,1H3. The first-order valence-electron chi connectivity index (χ1n) is 5.48. The third-order valence-electron chi connectivity index (χ3n) is 2.68. The summed E-state index contributed by atoms with van der Waals surface area (Å²) in [6.45, 7) is 0. The smallest absolute Gasteiger partial charge is 0.144 e. The van der Waals surface area contributed by atoms with Crippen LogP contribution in [0, 0.1) is 5.82 Å². The minimum Gasteiger partial charge on any atom is -0.338 e. The third-order valence-corrected chi connectivity index (χ3v) is 3.03. The van der Waals surface area contributed by atoms with Gasteiger partial charge in [0, 0.05) is 30.9 Å². The van der Waals surface area contributed by atoms with Crippen molar-refractivity contribution in [1.82, 2.24) is 9.55 Å². The van der Waals surface area contributed by atoms with Crippen molar-refractivity contribution in [1.29, 1.82) is 0 Å². The number of rotatable bonds is 4. The summed E-state index contributed by atoms with van der Waals surface area (Å²) < 4.78 is 14.7. The predicted octanol–water partition coefficient (Wildman–Crippen LogP) is 2.57. The van der Waals surface area contributed by atoms with Crippen LogP contribution < -0.4 is 0 Å². The number of hydrogen-bond acceptors (Lipinski definition) is 2. The summed E-state index contributed by atoms with van der Waals surface area (Å²) in [7, 11) is 1.83. The quantitative estimate of drug-likeness (QED) is 0.852. The van der Waals surface area contributed by atoms with Crippen LogP contribution in [0.1, 0.15) is 11.4 Å². The molecule has 2 rings (SSSR count). The van der Waals surface area contributed by atoms with Crippen LogP contribution in [0.2, 0.25) is 5.02 Å². The van der Waals surface area contributed by atoms with E-state index in [9.17, 15) is 9.18 Å². The highest BCUT2D eigenvalue weighted by Gasteiger charge is 2.11. The van der Waals surface area contributed by atoms with Gasteiger partial charge in [-0.2, -0.15) is 0 Å². The Kier molecular flexibility index (Phi) is 3.77. The molecule has 0 bridgehead atoms. The summed E-state index contributed by atoms with van der Waals surface area (Å²) >= 11 is 5.87. The number of Topliss-reactive ketones (excluding diaryl/α,β-unsaturated/α-hetero) is 1. The molecule has 0 aliphatic heterocycles. The summed E-state index contributed by atoms with van der Waals surface area (Å²) in [4.78, 5) is 15.9. The lowest BCUT2D eigenvalue weighted by Gasteiger charge is -2.04. The molecule has 94 valence electrons. The first-order chi connectivity index (χ1) is 8.56. The van der Waals surface area contributed by atoms with E-state index in [1.807, 2.05) is 7.05 Å². The van der Waals surface area contributed by atoms with Crippen molar-refractivity contribution in [3.63, 3.8) is 0 Å². The van der Waals surface area contributed by atoms with Crippen molar-refractivity contribution >= 4 is 17.4 Å². The molecule has 0 atom stereocenters. The lowest BCUT2D eigenvalue weighted by molar-refractivity contribution is -0.117. The number of imidazole rings is 1. The van der Waals surface area contributed by atoms with Gasteiger partial charge in [0.2, 0.25) is 0 Å². The van der Waals surface area contributed by atoms with Crippen LogP contribution in [-0.4, -0.2) is 15.3 Å². The Bertz CT molecular complexity index is 580. The molecule has 0 aliphatic rings. The van der Waals surface area contributed by atoms with Crippen LogP contribution >= 0.6 is 11.6 Å². The van der Waals surface area contributed by atoms with Gasteiger partial charge in [-0.05, 0) is 17.7 Å². The number of aromatic nitrogens is 2. The molecule has 1 aromatic heterocycles. The van der Waals surface area contributed by atoms with Crippen molar-refractivity contribution in [3.8, 4) is 0 Å². The van der Waals surface area contributed by atoms with Crippen LogP contribution in [0.15, 0.2) is 30.6 Å². The van der Waals surface area contributed by atoms with E-state index in [2.05, 4.69) is 4.98 Å². The lowest BCUT2D eigenvalue weighted by atomic mass is 10.1. The molecule has 0 fully saturated rings. The van der Waals surface area contributed by atoms with Crippen LogP contribution in [-0.2, 0) is 24.7 Å². The van der Waals surface area contributed by atoms with Crippen molar-refractivity contribution in [3.05, 3.63) is 52.8 Å². The normalized spacial score (nSPS) is 10.6.